The molecule has 0 saturated heterocycles. The van der Waals surface area contributed by atoms with Crippen molar-refractivity contribution in [2.24, 2.45) is 0 Å². The van der Waals surface area contributed by atoms with Crippen molar-refractivity contribution in [1.29, 1.82) is 0 Å². The quantitative estimate of drug-likeness (QED) is 0.661. The maximum Gasteiger partial charge on any atom is 0.271 e. The van der Waals surface area contributed by atoms with Gasteiger partial charge in [-0.3, -0.25) is 4.79 Å². The highest BCUT2D eigenvalue weighted by Crippen LogP contribution is 2.16. The summed E-state index contributed by atoms with van der Waals surface area (Å²) >= 11 is 12.2. The maximum atomic E-state index is 12.2. The van der Waals surface area contributed by atoms with Crippen LogP contribution in [0.4, 0.5) is 5.82 Å². The highest BCUT2D eigenvalue weighted by Gasteiger charge is 2.09. The van der Waals surface area contributed by atoms with E-state index in [2.05, 4.69) is 20.6 Å². The molecule has 0 atom stereocenters. The van der Waals surface area contributed by atoms with Crippen molar-refractivity contribution in [3.05, 3.63) is 87.8 Å². The third-order valence-electron chi connectivity index (χ3n) is 3.70. The third-order valence-corrected chi connectivity index (χ3v) is 4.44. The van der Waals surface area contributed by atoms with Gasteiger partial charge in [-0.05, 0) is 23.3 Å². The molecule has 0 spiro atoms. The van der Waals surface area contributed by atoms with Gasteiger partial charge in [0.25, 0.3) is 5.91 Å². The molecule has 7 heteroatoms. The molecule has 2 N–H and O–H groups in total. The van der Waals surface area contributed by atoms with Crippen LogP contribution >= 0.6 is 23.2 Å². The number of nitrogens with zero attached hydrogens (tertiary/aromatic N) is 2. The smallest absolute Gasteiger partial charge is 0.271 e. The zero-order chi connectivity index (χ0) is 18.4. The van der Waals surface area contributed by atoms with E-state index in [1.165, 1.54) is 12.4 Å². The first-order valence-electron chi connectivity index (χ1n) is 7.94. The fraction of sp³-hybridized carbons (Fsp3) is 0.105. The minimum absolute atomic E-state index is 0.236. The molecule has 1 heterocycles. The molecule has 26 heavy (non-hydrogen) atoms. The van der Waals surface area contributed by atoms with Gasteiger partial charge in [-0.1, -0.05) is 59.6 Å². The van der Waals surface area contributed by atoms with Gasteiger partial charge in [0.2, 0.25) is 0 Å². The van der Waals surface area contributed by atoms with Gasteiger partial charge >= 0.3 is 0 Å². The summed E-state index contributed by atoms with van der Waals surface area (Å²) in [6.45, 7) is 0.846. The number of anilines is 1. The summed E-state index contributed by atoms with van der Waals surface area (Å²) in [6, 6.07) is 14.9. The molecule has 0 fully saturated rings. The van der Waals surface area contributed by atoms with Gasteiger partial charge in [-0.2, -0.15) is 0 Å². The first-order chi connectivity index (χ1) is 12.6. The highest BCUT2D eigenvalue weighted by atomic mass is 35.5. The van der Waals surface area contributed by atoms with Crippen molar-refractivity contribution in [2.75, 3.05) is 5.32 Å². The summed E-state index contributed by atoms with van der Waals surface area (Å²) in [6.07, 6.45) is 2.94. The molecule has 2 aromatic carbocycles. The Morgan fingerprint density at radius 1 is 0.846 bits per heavy atom. The number of hydrogen-bond donors (Lipinski definition) is 2. The number of aromatic nitrogens is 2. The van der Waals surface area contributed by atoms with Gasteiger partial charge < -0.3 is 10.6 Å². The third kappa shape index (κ3) is 4.71. The van der Waals surface area contributed by atoms with E-state index in [1.54, 1.807) is 6.07 Å². The van der Waals surface area contributed by atoms with Crippen LogP contribution in [0.25, 0.3) is 0 Å². The Kier molecular flexibility index (Phi) is 6.04. The van der Waals surface area contributed by atoms with E-state index in [4.69, 9.17) is 23.2 Å². The van der Waals surface area contributed by atoms with Gasteiger partial charge in [0.15, 0.2) is 0 Å². The average molecular weight is 387 g/mol. The molecule has 0 aliphatic rings. The second kappa shape index (κ2) is 8.65. The fourth-order valence-corrected chi connectivity index (χ4v) is 2.68. The van der Waals surface area contributed by atoms with E-state index < -0.39 is 0 Å². The number of carbonyl (C=O) groups is 1. The second-order valence-corrected chi connectivity index (χ2v) is 6.32. The Balaban J connectivity index is 1.56. The van der Waals surface area contributed by atoms with Crippen LogP contribution in [0.5, 0.6) is 0 Å². The lowest BCUT2D eigenvalue weighted by molar-refractivity contribution is 0.0945. The first-order valence-corrected chi connectivity index (χ1v) is 8.70. The van der Waals surface area contributed by atoms with Gasteiger partial charge in [0, 0.05) is 23.1 Å². The lowest BCUT2D eigenvalue weighted by Gasteiger charge is -2.08. The first kappa shape index (κ1) is 18.2. The Morgan fingerprint density at radius 2 is 1.46 bits per heavy atom. The van der Waals surface area contributed by atoms with Crippen LogP contribution in [0, 0.1) is 0 Å². The van der Waals surface area contributed by atoms with E-state index in [0.29, 0.717) is 29.0 Å². The summed E-state index contributed by atoms with van der Waals surface area (Å²) in [5, 5.41) is 7.20. The standard InChI is InChI=1S/C19H16Cl2N4O/c20-15-7-3-1-5-13(15)9-23-18-12-22-17(11-24-18)19(26)25-10-14-6-2-4-8-16(14)21/h1-8,11-12H,9-10H2,(H,23,24)(H,25,26). The Bertz CT molecular complexity index is 900. The van der Waals surface area contributed by atoms with Crippen molar-refractivity contribution in [3.63, 3.8) is 0 Å². The number of nitrogens with one attached hydrogen (secondary N) is 2. The molecule has 1 amide bonds. The summed E-state index contributed by atoms with van der Waals surface area (Å²) in [7, 11) is 0. The summed E-state index contributed by atoms with van der Waals surface area (Å²) in [5.74, 6) is 0.252. The molecule has 5 nitrogen and oxygen atoms in total. The molecular weight excluding hydrogens is 371 g/mol. The summed E-state index contributed by atoms with van der Waals surface area (Å²) < 4.78 is 0. The molecule has 0 radical (unpaired) electrons. The lowest BCUT2D eigenvalue weighted by Crippen LogP contribution is -2.24. The zero-order valence-corrected chi connectivity index (χ0v) is 15.3. The Labute approximate surface area is 161 Å². The van der Waals surface area contributed by atoms with Crippen molar-refractivity contribution >= 4 is 34.9 Å². The summed E-state index contributed by atoms with van der Waals surface area (Å²) in [4.78, 5) is 20.5. The van der Waals surface area contributed by atoms with Crippen LogP contribution in [-0.2, 0) is 13.1 Å². The van der Waals surface area contributed by atoms with Crippen molar-refractivity contribution in [3.8, 4) is 0 Å². The number of halogens is 2. The van der Waals surface area contributed by atoms with Crippen molar-refractivity contribution in [2.45, 2.75) is 13.1 Å². The molecule has 0 bridgehead atoms. The molecule has 3 rings (SSSR count). The number of carbonyl (C=O) groups excluding carboxylic acids is 1. The van der Waals surface area contributed by atoms with Gasteiger partial charge in [-0.15, -0.1) is 0 Å². The molecular formula is C19H16Cl2N4O. The topological polar surface area (TPSA) is 66.9 Å². The molecule has 3 aromatic rings. The second-order valence-electron chi connectivity index (χ2n) is 5.51. The van der Waals surface area contributed by atoms with Crippen LogP contribution in [0.2, 0.25) is 10.0 Å². The van der Waals surface area contributed by atoms with E-state index >= 15 is 0 Å². The number of benzene rings is 2. The average Bonchev–Trinajstić information content (AvgIpc) is 2.67. The predicted molar refractivity (Wildman–Crippen MR) is 103 cm³/mol. The van der Waals surface area contributed by atoms with Crippen LogP contribution in [0.15, 0.2) is 60.9 Å². The van der Waals surface area contributed by atoms with Crippen LogP contribution in [0.1, 0.15) is 21.6 Å². The van der Waals surface area contributed by atoms with E-state index in [-0.39, 0.29) is 11.6 Å². The molecule has 0 aliphatic heterocycles. The van der Waals surface area contributed by atoms with Crippen molar-refractivity contribution in [1.82, 2.24) is 15.3 Å². The molecule has 0 saturated carbocycles. The van der Waals surface area contributed by atoms with E-state index in [0.717, 1.165) is 11.1 Å². The van der Waals surface area contributed by atoms with Crippen LogP contribution in [-0.4, -0.2) is 15.9 Å². The predicted octanol–water partition coefficient (Wildman–Crippen LogP) is 4.33. The fourth-order valence-electron chi connectivity index (χ4n) is 2.27. The normalized spacial score (nSPS) is 10.4. The van der Waals surface area contributed by atoms with Crippen LogP contribution in [0.3, 0.4) is 0 Å². The largest absolute Gasteiger partial charge is 0.365 e. The number of rotatable bonds is 6. The Hall–Kier alpha value is -2.63. The highest BCUT2D eigenvalue weighted by molar-refractivity contribution is 6.31. The van der Waals surface area contributed by atoms with Gasteiger partial charge in [-0.25, -0.2) is 9.97 Å². The van der Waals surface area contributed by atoms with E-state index in [9.17, 15) is 4.79 Å². The van der Waals surface area contributed by atoms with Crippen LogP contribution < -0.4 is 10.6 Å². The monoisotopic (exact) mass is 386 g/mol. The Morgan fingerprint density at radius 3 is 2.04 bits per heavy atom. The molecule has 0 aliphatic carbocycles. The number of amides is 1. The van der Waals surface area contributed by atoms with Crippen molar-refractivity contribution < 1.29 is 4.79 Å². The van der Waals surface area contributed by atoms with Gasteiger partial charge in [0.1, 0.15) is 11.5 Å². The lowest BCUT2D eigenvalue weighted by atomic mass is 10.2. The minimum atomic E-state index is -0.310. The maximum absolute atomic E-state index is 12.2. The summed E-state index contributed by atoms with van der Waals surface area (Å²) in [5.41, 5.74) is 2.03. The van der Waals surface area contributed by atoms with E-state index in [1.807, 2.05) is 42.5 Å². The molecule has 132 valence electrons. The SMILES string of the molecule is O=C(NCc1ccccc1Cl)c1cnc(NCc2ccccc2Cl)cn1. The zero-order valence-electron chi connectivity index (χ0n) is 13.7. The molecule has 1 aromatic heterocycles. The minimum Gasteiger partial charge on any atom is -0.365 e. The number of hydrogen-bond acceptors (Lipinski definition) is 4. The van der Waals surface area contributed by atoms with Gasteiger partial charge in [0.05, 0.1) is 12.4 Å². The molecule has 0 unspecified atom stereocenters.